The standard InChI is InChI=1S/C37H40IN3O5S/c1-46-33-17-11-14-29(24-33)26-40(35(25-28-12-5-2-6-13-28)37(43)39-31-15-7-3-8-16-31)36(42)27-41(32-22-20-30(38)21-23-32)47(44,45)34-18-9-4-10-19-34/h2,4-6,9-14,17-24,31,35H,3,7-8,15-16,25-27H2,1H3,(H,39,43). The maximum Gasteiger partial charge on any atom is 0.264 e. The lowest BCUT2D eigenvalue weighted by Crippen LogP contribution is -2.55. The molecule has 0 radical (unpaired) electrons. The van der Waals surface area contributed by atoms with Gasteiger partial charge in [0.05, 0.1) is 17.7 Å². The maximum absolute atomic E-state index is 14.7. The molecule has 0 aliphatic heterocycles. The molecular formula is C37H40IN3O5S. The van der Waals surface area contributed by atoms with Gasteiger partial charge in [0.25, 0.3) is 10.0 Å². The first-order chi connectivity index (χ1) is 22.7. The van der Waals surface area contributed by atoms with Gasteiger partial charge in [0, 0.05) is 22.6 Å². The molecule has 1 saturated carbocycles. The Bertz CT molecular complexity index is 1730. The van der Waals surface area contributed by atoms with E-state index in [2.05, 4.69) is 27.9 Å². The van der Waals surface area contributed by atoms with Gasteiger partial charge < -0.3 is 15.0 Å². The molecule has 1 N–H and O–H groups in total. The third kappa shape index (κ3) is 9.13. The maximum atomic E-state index is 14.7. The molecule has 1 atom stereocenters. The molecule has 0 heterocycles. The van der Waals surface area contributed by atoms with Gasteiger partial charge in [-0.15, -0.1) is 0 Å². The van der Waals surface area contributed by atoms with Crippen LogP contribution >= 0.6 is 22.6 Å². The van der Waals surface area contributed by atoms with Crippen LogP contribution in [0.5, 0.6) is 5.75 Å². The van der Waals surface area contributed by atoms with Gasteiger partial charge in [-0.2, -0.15) is 0 Å². The summed E-state index contributed by atoms with van der Waals surface area (Å²) < 4.78 is 35.8. The minimum atomic E-state index is -4.14. The average Bonchev–Trinajstić information content (AvgIpc) is 3.10. The van der Waals surface area contributed by atoms with Crippen LogP contribution in [0.1, 0.15) is 43.2 Å². The summed E-state index contributed by atoms with van der Waals surface area (Å²) in [6.07, 6.45) is 5.29. The predicted octanol–water partition coefficient (Wildman–Crippen LogP) is 6.58. The molecule has 0 bridgehead atoms. The second-order valence-corrected chi connectivity index (χ2v) is 14.8. The van der Waals surface area contributed by atoms with E-state index in [9.17, 15) is 18.0 Å². The van der Waals surface area contributed by atoms with E-state index in [0.29, 0.717) is 11.4 Å². The number of sulfonamides is 1. The Morgan fingerprint density at radius 3 is 2.15 bits per heavy atom. The first-order valence-electron chi connectivity index (χ1n) is 15.8. The van der Waals surface area contributed by atoms with Crippen molar-refractivity contribution in [2.45, 2.75) is 62.0 Å². The molecule has 47 heavy (non-hydrogen) atoms. The first kappa shape index (κ1) is 34.4. The third-order valence-electron chi connectivity index (χ3n) is 8.43. The molecule has 1 aliphatic carbocycles. The van der Waals surface area contributed by atoms with Gasteiger partial charge in [-0.3, -0.25) is 13.9 Å². The minimum absolute atomic E-state index is 0.0324. The molecule has 8 nitrogen and oxygen atoms in total. The minimum Gasteiger partial charge on any atom is -0.497 e. The van der Waals surface area contributed by atoms with E-state index in [1.807, 2.05) is 54.6 Å². The van der Waals surface area contributed by atoms with Crippen LogP contribution in [-0.4, -0.2) is 50.9 Å². The quantitative estimate of drug-likeness (QED) is 0.155. The summed E-state index contributed by atoms with van der Waals surface area (Å²) in [6.45, 7) is -0.415. The summed E-state index contributed by atoms with van der Waals surface area (Å²) in [5, 5.41) is 3.24. The number of amides is 2. The van der Waals surface area contributed by atoms with E-state index in [4.69, 9.17) is 4.74 Å². The van der Waals surface area contributed by atoms with Crippen molar-refractivity contribution in [3.05, 3.63) is 124 Å². The zero-order valence-corrected chi connectivity index (χ0v) is 29.4. The highest BCUT2D eigenvalue weighted by atomic mass is 127. The summed E-state index contributed by atoms with van der Waals surface area (Å²) in [5.41, 5.74) is 2.01. The van der Waals surface area contributed by atoms with Gasteiger partial charge in [-0.05, 0) is 95.1 Å². The molecule has 4 aromatic rings. The topological polar surface area (TPSA) is 96.0 Å². The fourth-order valence-corrected chi connectivity index (χ4v) is 7.72. The Morgan fingerprint density at radius 1 is 0.851 bits per heavy atom. The summed E-state index contributed by atoms with van der Waals surface area (Å²) >= 11 is 2.16. The van der Waals surface area contributed by atoms with Crippen molar-refractivity contribution in [3.8, 4) is 5.75 Å². The summed E-state index contributed by atoms with van der Waals surface area (Å²) in [7, 11) is -2.57. The van der Waals surface area contributed by atoms with Gasteiger partial charge in [-0.1, -0.05) is 79.9 Å². The second kappa shape index (κ2) is 16.3. The van der Waals surface area contributed by atoms with Crippen LogP contribution in [0.4, 0.5) is 5.69 Å². The Morgan fingerprint density at radius 2 is 1.49 bits per heavy atom. The Labute approximate surface area is 291 Å². The number of nitrogens with zero attached hydrogens (tertiary/aromatic N) is 2. The van der Waals surface area contributed by atoms with Gasteiger partial charge >= 0.3 is 0 Å². The van der Waals surface area contributed by atoms with E-state index >= 15 is 0 Å². The van der Waals surface area contributed by atoms with Crippen molar-refractivity contribution in [1.29, 1.82) is 0 Å². The number of anilines is 1. The van der Waals surface area contributed by atoms with E-state index in [1.54, 1.807) is 49.6 Å². The number of ether oxygens (including phenoxy) is 1. The number of carbonyl (C=O) groups excluding carboxylic acids is 2. The molecule has 2 amide bonds. The molecule has 246 valence electrons. The molecule has 10 heteroatoms. The molecule has 4 aromatic carbocycles. The highest BCUT2D eigenvalue weighted by molar-refractivity contribution is 14.1. The van der Waals surface area contributed by atoms with Crippen LogP contribution in [0, 0.1) is 3.57 Å². The number of methoxy groups -OCH3 is 1. The lowest BCUT2D eigenvalue weighted by molar-refractivity contribution is -0.140. The van der Waals surface area contributed by atoms with Crippen molar-refractivity contribution < 1.29 is 22.7 Å². The van der Waals surface area contributed by atoms with Crippen molar-refractivity contribution in [3.63, 3.8) is 0 Å². The third-order valence-corrected chi connectivity index (χ3v) is 10.9. The van der Waals surface area contributed by atoms with Crippen LogP contribution in [0.15, 0.2) is 114 Å². The van der Waals surface area contributed by atoms with Crippen LogP contribution in [-0.2, 0) is 32.6 Å². The molecule has 0 aromatic heterocycles. The number of hydrogen-bond donors (Lipinski definition) is 1. The van der Waals surface area contributed by atoms with Crippen LogP contribution in [0.3, 0.4) is 0 Å². The fourth-order valence-electron chi connectivity index (χ4n) is 5.92. The number of benzene rings is 4. The molecule has 1 fully saturated rings. The first-order valence-corrected chi connectivity index (χ1v) is 18.4. The molecule has 1 unspecified atom stereocenters. The number of carbonyl (C=O) groups is 2. The average molecular weight is 766 g/mol. The molecule has 1 aliphatic rings. The number of hydrogen-bond acceptors (Lipinski definition) is 5. The Kier molecular flexibility index (Phi) is 11.9. The molecule has 0 spiro atoms. The summed E-state index contributed by atoms with van der Waals surface area (Å²) in [4.78, 5) is 30.5. The highest BCUT2D eigenvalue weighted by Gasteiger charge is 2.35. The lowest BCUT2D eigenvalue weighted by Gasteiger charge is -2.35. The van der Waals surface area contributed by atoms with Gasteiger partial charge in [0.2, 0.25) is 11.8 Å². The van der Waals surface area contributed by atoms with E-state index < -0.39 is 28.5 Å². The molecular weight excluding hydrogens is 725 g/mol. The fraction of sp³-hybridized carbons (Fsp3) is 0.297. The van der Waals surface area contributed by atoms with E-state index in [1.165, 1.54) is 17.0 Å². The monoisotopic (exact) mass is 765 g/mol. The van der Waals surface area contributed by atoms with Crippen molar-refractivity contribution in [1.82, 2.24) is 10.2 Å². The van der Waals surface area contributed by atoms with Crippen LogP contribution in [0.25, 0.3) is 0 Å². The van der Waals surface area contributed by atoms with Crippen LogP contribution < -0.4 is 14.4 Å². The van der Waals surface area contributed by atoms with E-state index in [0.717, 1.165) is 51.1 Å². The lowest BCUT2D eigenvalue weighted by atomic mass is 9.94. The predicted molar refractivity (Wildman–Crippen MR) is 193 cm³/mol. The van der Waals surface area contributed by atoms with Crippen LogP contribution in [0.2, 0.25) is 0 Å². The number of nitrogens with one attached hydrogen (secondary N) is 1. The summed E-state index contributed by atoms with van der Waals surface area (Å²) in [5.74, 6) is -0.123. The van der Waals surface area contributed by atoms with Crippen molar-refractivity contribution in [2.24, 2.45) is 0 Å². The normalized spacial score (nSPS) is 14.2. The Balaban J connectivity index is 1.56. The zero-order chi connectivity index (χ0) is 33.2. The SMILES string of the molecule is COc1cccc(CN(C(=O)CN(c2ccc(I)cc2)S(=O)(=O)c2ccccc2)C(Cc2ccccc2)C(=O)NC2CCCCC2)c1. The van der Waals surface area contributed by atoms with Gasteiger partial charge in [0.1, 0.15) is 18.3 Å². The summed E-state index contributed by atoms with van der Waals surface area (Å²) in [6, 6.07) is 31.2. The smallest absolute Gasteiger partial charge is 0.264 e. The number of rotatable bonds is 13. The van der Waals surface area contributed by atoms with Crippen molar-refractivity contribution in [2.75, 3.05) is 18.0 Å². The van der Waals surface area contributed by atoms with E-state index in [-0.39, 0.29) is 29.8 Å². The number of halogens is 1. The second-order valence-electron chi connectivity index (χ2n) is 11.7. The Hall–Kier alpha value is -3.90. The van der Waals surface area contributed by atoms with Crippen molar-refractivity contribution >= 4 is 50.1 Å². The largest absolute Gasteiger partial charge is 0.497 e. The zero-order valence-electron chi connectivity index (χ0n) is 26.4. The molecule has 5 rings (SSSR count). The highest BCUT2D eigenvalue weighted by Crippen LogP contribution is 2.27. The van der Waals surface area contributed by atoms with Gasteiger partial charge in [0.15, 0.2) is 0 Å². The van der Waals surface area contributed by atoms with Gasteiger partial charge in [-0.25, -0.2) is 8.42 Å². The molecule has 0 saturated heterocycles.